The molecule has 3 rings (SSSR count). The number of rotatable bonds is 8. The molecule has 1 aliphatic carbocycles. The van der Waals surface area contributed by atoms with E-state index < -0.39 is 18.7 Å². The number of hydrogen-bond acceptors (Lipinski definition) is 6. The summed E-state index contributed by atoms with van der Waals surface area (Å²) in [5.41, 5.74) is 1.17. The molecule has 0 saturated heterocycles. The summed E-state index contributed by atoms with van der Waals surface area (Å²) in [4.78, 5) is 36.0. The van der Waals surface area contributed by atoms with Crippen molar-refractivity contribution >= 4 is 17.8 Å². The van der Waals surface area contributed by atoms with Gasteiger partial charge in [0.05, 0.1) is 0 Å². The fourth-order valence-corrected chi connectivity index (χ4v) is 2.55. The Hall–Kier alpha value is -3.24. The van der Waals surface area contributed by atoms with Gasteiger partial charge in [-0.3, -0.25) is 14.9 Å². The third-order valence-electron chi connectivity index (χ3n) is 4.26. The molecule has 0 radical (unpaired) electrons. The van der Waals surface area contributed by atoms with Crippen LogP contribution in [0.3, 0.4) is 0 Å². The van der Waals surface area contributed by atoms with Crippen LogP contribution >= 0.6 is 0 Å². The van der Waals surface area contributed by atoms with Crippen molar-refractivity contribution < 1.29 is 27.5 Å². The average Bonchev–Trinajstić information content (AvgIpc) is 3.55. The highest BCUT2D eigenvalue weighted by Crippen LogP contribution is 2.29. The van der Waals surface area contributed by atoms with Crippen molar-refractivity contribution in [2.75, 3.05) is 11.9 Å². The molecule has 1 fully saturated rings. The summed E-state index contributed by atoms with van der Waals surface area (Å²) in [6, 6.07) is 3.03. The average molecular weight is 423 g/mol. The summed E-state index contributed by atoms with van der Waals surface area (Å²) in [7, 11) is 0. The van der Waals surface area contributed by atoms with E-state index in [0.29, 0.717) is 17.5 Å². The molecule has 8 nitrogen and oxygen atoms in total. The minimum absolute atomic E-state index is 0.0190. The number of aromatic nitrogens is 3. The zero-order valence-corrected chi connectivity index (χ0v) is 16.1. The van der Waals surface area contributed by atoms with Gasteiger partial charge >= 0.3 is 6.18 Å². The molecule has 0 bridgehead atoms. The van der Waals surface area contributed by atoms with Crippen molar-refractivity contribution in [1.82, 2.24) is 20.3 Å². The molecule has 160 valence electrons. The van der Waals surface area contributed by atoms with Gasteiger partial charge in [0.25, 0.3) is 5.91 Å². The highest BCUT2D eigenvalue weighted by Gasteiger charge is 2.30. The maximum absolute atomic E-state index is 12.4. The maximum atomic E-state index is 12.4. The lowest BCUT2D eigenvalue weighted by Gasteiger charge is -2.13. The number of aryl methyl sites for hydroxylation is 1. The Morgan fingerprint density at radius 2 is 2.03 bits per heavy atom. The molecule has 0 aromatic carbocycles. The van der Waals surface area contributed by atoms with Crippen LogP contribution in [-0.2, 0) is 17.8 Å². The Bertz CT molecular complexity index is 932. The predicted octanol–water partition coefficient (Wildman–Crippen LogP) is 2.65. The van der Waals surface area contributed by atoms with Crippen molar-refractivity contribution in [2.24, 2.45) is 5.92 Å². The van der Waals surface area contributed by atoms with Gasteiger partial charge in [-0.15, -0.1) is 0 Å². The second kappa shape index (κ2) is 9.06. The maximum Gasteiger partial charge on any atom is 0.422 e. The number of nitrogens with one attached hydrogen (secondary N) is 2. The highest BCUT2D eigenvalue weighted by atomic mass is 19.4. The summed E-state index contributed by atoms with van der Waals surface area (Å²) in [6.45, 7) is 0.431. The van der Waals surface area contributed by atoms with E-state index in [4.69, 9.17) is 4.74 Å². The summed E-state index contributed by atoms with van der Waals surface area (Å²) in [5.74, 6) is -0.708. The molecule has 0 unspecified atom stereocenters. The van der Waals surface area contributed by atoms with Crippen LogP contribution in [0.15, 0.2) is 24.5 Å². The second-order valence-electron chi connectivity index (χ2n) is 6.78. The number of carbonyl (C=O) groups is 2. The standard InChI is InChI=1S/C19H20F3N5O3/c1-2-12-7-11(9-25-17(12)30-10-19(20,21)22)8-24-16(29)14-5-6-23-18(26-14)27-15(28)13-3-4-13/h5-7,9,13H,2-4,8,10H2,1H3,(H,24,29)(H,23,26,27,28). The van der Waals surface area contributed by atoms with Gasteiger partial charge in [0.1, 0.15) is 5.69 Å². The first-order chi connectivity index (χ1) is 14.2. The molecule has 11 heteroatoms. The van der Waals surface area contributed by atoms with Crippen molar-refractivity contribution in [2.45, 2.75) is 38.9 Å². The van der Waals surface area contributed by atoms with Gasteiger partial charge in [-0.25, -0.2) is 15.0 Å². The first-order valence-corrected chi connectivity index (χ1v) is 9.34. The zero-order valence-electron chi connectivity index (χ0n) is 16.1. The van der Waals surface area contributed by atoms with Crippen LogP contribution in [0.1, 0.15) is 41.4 Å². The van der Waals surface area contributed by atoms with E-state index in [9.17, 15) is 22.8 Å². The minimum atomic E-state index is -4.45. The Kier molecular flexibility index (Phi) is 6.48. The van der Waals surface area contributed by atoms with Gasteiger partial charge in [0.2, 0.25) is 17.7 Å². The van der Waals surface area contributed by atoms with Crippen LogP contribution in [-0.4, -0.2) is 39.5 Å². The third-order valence-corrected chi connectivity index (χ3v) is 4.26. The fraction of sp³-hybridized carbons (Fsp3) is 0.421. The molecule has 1 saturated carbocycles. The van der Waals surface area contributed by atoms with Crippen LogP contribution in [0.25, 0.3) is 0 Å². The Labute approximate surface area is 170 Å². The number of anilines is 1. The van der Waals surface area contributed by atoms with E-state index in [1.54, 1.807) is 13.0 Å². The number of nitrogens with zero attached hydrogens (tertiary/aromatic N) is 3. The Morgan fingerprint density at radius 3 is 2.70 bits per heavy atom. The summed E-state index contributed by atoms with van der Waals surface area (Å²) in [5, 5.41) is 5.23. The van der Waals surface area contributed by atoms with Gasteiger partial charge in [0.15, 0.2) is 6.61 Å². The van der Waals surface area contributed by atoms with E-state index in [1.165, 1.54) is 18.5 Å². The van der Waals surface area contributed by atoms with E-state index in [0.717, 1.165) is 12.8 Å². The SMILES string of the molecule is CCc1cc(CNC(=O)c2ccnc(NC(=O)C3CC3)n2)cnc1OCC(F)(F)F. The predicted molar refractivity (Wildman–Crippen MR) is 99.7 cm³/mol. The van der Waals surface area contributed by atoms with Crippen LogP contribution in [0, 0.1) is 5.92 Å². The molecule has 0 atom stereocenters. The third kappa shape index (κ3) is 6.13. The van der Waals surface area contributed by atoms with E-state index in [2.05, 4.69) is 25.6 Å². The quantitative estimate of drug-likeness (QED) is 0.676. The molecule has 0 spiro atoms. The minimum Gasteiger partial charge on any atom is -0.468 e. The smallest absolute Gasteiger partial charge is 0.422 e. The summed E-state index contributed by atoms with van der Waals surface area (Å²) < 4.78 is 41.7. The largest absolute Gasteiger partial charge is 0.468 e. The van der Waals surface area contributed by atoms with E-state index in [1.807, 2.05) is 0 Å². The number of hydrogen-bond donors (Lipinski definition) is 2. The molecular weight excluding hydrogens is 403 g/mol. The molecule has 2 amide bonds. The molecule has 2 aromatic heterocycles. The lowest BCUT2D eigenvalue weighted by Crippen LogP contribution is -2.25. The lowest BCUT2D eigenvalue weighted by atomic mass is 10.1. The molecule has 30 heavy (non-hydrogen) atoms. The van der Waals surface area contributed by atoms with Crippen LogP contribution < -0.4 is 15.4 Å². The highest BCUT2D eigenvalue weighted by molar-refractivity contribution is 5.94. The van der Waals surface area contributed by atoms with Crippen molar-refractivity contribution in [1.29, 1.82) is 0 Å². The summed E-state index contributed by atoms with van der Waals surface area (Å²) in [6.07, 6.45) is 0.339. The molecule has 2 N–H and O–H groups in total. The fourth-order valence-electron chi connectivity index (χ4n) is 2.55. The van der Waals surface area contributed by atoms with Gasteiger partial charge in [-0.1, -0.05) is 6.92 Å². The van der Waals surface area contributed by atoms with Crippen molar-refractivity contribution in [3.05, 3.63) is 41.3 Å². The first kappa shape index (κ1) is 21.5. The number of halogens is 3. The molecule has 2 aromatic rings. The van der Waals surface area contributed by atoms with E-state index >= 15 is 0 Å². The summed E-state index contributed by atoms with van der Waals surface area (Å²) >= 11 is 0. The number of amides is 2. The second-order valence-corrected chi connectivity index (χ2v) is 6.78. The Balaban J connectivity index is 1.59. The monoisotopic (exact) mass is 423 g/mol. The van der Waals surface area contributed by atoms with Crippen molar-refractivity contribution in [3.63, 3.8) is 0 Å². The Morgan fingerprint density at radius 1 is 1.27 bits per heavy atom. The number of alkyl halides is 3. The molecular formula is C19H20F3N5O3. The van der Waals surface area contributed by atoms with Crippen LogP contribution in [0.2, 0.25) is 0 Å². The number of ether oxygens (including phenoxy) is 1. The van der Waals surface area contributed by atoms with Gasteiger partial charge in [-0.05, 0) is 37.0 Å². The topological polar surface area (TPSA) is 106 Å². The van der Waals surface area contributed by atoms with Gasteiger partial charge < -0.3 is 10.1 Å². The molecule has 1 aliphatic rings. The lowest BCUT2D eigenvalue weighted by molar-refractivity contribution is -0.154. The molecule has 2 heterocycles. The van der Waals surface area contributed by atoms with Gasteiger partial charge in [-0.2, -0.15) is 13.2 Å². The normalized spacial score (nSPS) is 13.6. The molecule has 0 aliphatic heterocycles. The first-order valence-electron chi connectivity index (χ1n) is 9.34. The van der Waals surface area contributed by atoms with Crippen molar-refractivity contribution in [3.8, 4) is 5.88 Å². The van der Waals surface area contributed by atoms with Crippen LogP contribution in [0.5, 0.6) is 5.88 Å². The zero-order chi connectivity index (χ0) is 21.7. The van der Waals surface area contributed by atoms with Crippen LogP contribution in [0.4, 0.5) is 19.1 Å². The van der Waals surface area contributed by atoms with E-state index in [-0.39, 0.29) is 35.9 Å². The van der Waals surface area contributed by atoms with Gasteiger partial charge in [0, 0.05) is 30.4 Å². The number of carbonyl (C=O) groups excluding carboxylic acids is 2. The number of pyridine rings is 1.